The number of hydrogen-bond acceptors (Lipinski definition) is 5. The second-order valence-electron chi connectivity index (χ2n) is 10.4. The number of fused-ring (bicyclic) bond motifs is 1. The number of amides is 2. The van der Waals surface area contributed by atoms with Crippen LogP contribution in [0.5, 0.6) is 0 Å². The van der Waals surface area contributed by atoms with Crippen molar-refractivity contribution >= 4 is 40.0 Å². The molecule has 202 valence electrons. The van der Waals surface area contributed by atoms with Gasteiger partial charge in [0.1, 0.15) is 6.07 Å². The second-order valence-corrected chi connectivity index (χ2v) is 10.8. The summed E-state index contributed by atoms with van der Waals surface area (Å²) in [6.07, 6.45) is 5.04. The molecule has 2 N–H and O–H groups in total. The number of halogens is 1. The number of anilines is 1. The fourth-order valence-electron chi connectivity index (χ4n) is 5.38. The van der Waals surface area contributed by atoms with Crippen LogP contribution < -0.4 is 21.9 Å². The van der Waals surface area contributed by atoms with Gasteiger partial charge in [0.05, 0.1) is 27.4 Å². The van der Waals surface area contributed by atoms with Crippen molar-refractivity contribution in [2.24, 2.45) is 11.8 Å². The molecule has 2 saturated carbocycles. The zero-order chi connectivity index (χ0) is 27.7. The molecule has 2 fully saturated rings. The summed E-state index contributed by atoms with van der Waals surface area (Å²) in [7, 11) is 0. The lowest BCUT2D eigenvalue weighted by atomic mass is 9.83. The third-order valence-electron chi connectivity index (χ3n) is 7.72. The summed E-state index contributed by atoms with van der Waals surface area (Å²) in [5.74, 6) is -0.687. The summed E-state index contributed by atoms with van der Waals surface area (Å²) in [5, 5.41) is 15.6. The lowest BCUT2D eigenvalue weighted by molar-refractivity contribution is -0.121. The number of carbonyl (C=O) groups is 2. The molecule has 39 heavy (non-hydrogen) atoms. The highest BCUT2D eigenvalue weighted by Gasteiger charge is 2.32. The molecule has 0 bridgehead atoms. The topological polar surface area (TPSA) is 126 Å². The van der Waals surface area contributed by atoms with Crippen molar-refractivity contribution in [3.8, 4) is 6.07 Å². The van der Waals surface area contributed by atoms with Crippen molar-refractivity contribution in [1.82, 2.24) is 14.5 Å². The van der Waals surface area contributed by atoms with Gasteiger partial charge in [-0.05, 0) is 74.9 Å². The van der Waals surface area contributed by atoms with Crippen molar-refractivity contribution in [2.45, 2.75) is 64.6 Å². The van der Waals surface area contributed by atoms with Gasteiger partial charge in [0.15, 0.2) is 0 Å². The summed E-state index contributed by atoms with van der Waals surface area (Å²) in [5.41, 5.74) is 0.978. The molecule has 9 nitrogen and oxygen atoms in total. The van der Waals surface area contributed by atoms with E-state index >= 15 is 0 Å². The van der Waals surface area contributed by atoms with Gasteiger partial charge in [0.2, 0.25) is 5.91 Å². The SMILES string of the molecule is CCn1c(=O)n(CC2CC2)c(=O)c2cc(NC(=O)C3CCCCC3NC(=O)c3ccc(C#N)c(Cl)c3)ccc21. The van der Waals surface area contributed by atoms with E-state index in [1.54, 1.807) is 28.8 Å². The Labute approximate surface area is 230 Å². The maximum atomic E-state index is 13.4. The molecule has 3 aromatic rings. The van der Waals surface area contributed by atoms with Gasteiger partial charge in [0, 0.05) is 30.4 Å². The van der Waals surface area contributed by atoms with Crippen LogP contribution in [-0.4, -0.2) is 27.0 Å². The minimum atomic E-state index is -0.455. The van der Waals surface area contributed by atoms with Crippen LogP contribution in [0, 0.1) is 23.2 Å². The maximum Gasteiger partial charge on any atom is 0.331 e. The van der Waals surface area contributed by atoms with Crippen molar-refractivity contribution in [1.29, 1.82) is 5.26 Å². The first-order valence-corrected chi connectivity index (χ1v) is 13.8. The van der Waals surface area contributed by atoms with Crippen molar-refractivity contribution < 1.29 is 9.59 Å². The first-order chi connectivity index (χ1) is 18.8. The molecule has 5 rings (SSSR count). The zero-order valence-electron chi connectivity index (χ0n) is 21.7. The molecule has 1 aromatic heterocycles. The van der Waals surface area contributed by atoms with E-state index in [2.05, 4.69) is 10.6 Å². The number of rotatable bonds is 7. The van der Waals surface area contributed by atoms with E-state index in [0.717, 1.165) is 25.7 Å². The Balaban J connectivity index is 1.37. The van der Waals surface area contributed by atoms with Crippen molar-refractivity contribution in [3.63, 3.8) is 0 Å². The first-order valence-electron chi connectivity index (χ1n) is 13.4. The fraction of sp³-hybridized carbons (Fsp3) is 0.414. The monoisotopic (exact) mass is 547 g/mol. The molecule has 2 aliphatic rings. The average molecular weight is 548 g/mol. The summed E-state index contributed by atoms with van der Waals surface area (Å²) in [6.45, 7) is 2.71. The molecule has 0 saturated heterocycles. The van der Waals surface area contributed by atoms with Gasteiger partial charge in [-0.15, -0.1) is 0 Å². The Kier molecular flexibility index (Phi) is 7.58. The number of hydrogen-bond donors (Lipinski definition) is 2. The molecule has 2 amide bonds. The molecule has 2 atom stereocenters. The lowest BCUT2D eigenvalue weighted by Gasteiger charge is -2.31. The molecule has 0 spiro atoms. The third kappa shape index (κ3) is 5.48. The number of benzene rings is 2. The van der Waals surface area contributed by atoms with E-state index in [1.165, 1.54) is 16.7 Å². The van der Waals surface area contributed by atoms with Gasteiger partial charge in [-0.1, -0.05) is 24.4 Å². The summed E-state index contributed by atoms with van der Waals surface area (Å²) in [4.78, 5) is 52.5. The van der Waals surface area contributed by atoms with Crippen LogP contribution in [-0.2, 0) is 17.9 Å². The number of aromatic nitrogens is 2. The third-order valence-corrected chi connectivity index (χ3v) is 8.03. The smallest absolute Gasteiger partial charge is 0.331 e. The summed E-state index contributed by atoms with van der Waals surface area (Å²) < 4.78 is 2.91. The Morgan fingerprint density at radius 2 is 1.82 bits per heavy atom. The Bertz CT molecular complexity index is 1610. The van der Waals surface area contributed by atoms with E-state index in [-0.39, 0.29) is 39.7 Å². The van der Waals surface area contributed by atoms with Crippen LogP contribution in [0.1, 0.15) is 61.4 Å². The van der Waals surface area contributed by atoms with Gasteiger partial charge < -0.3 is 10.6 Å². The maximum absolute atomic E-state index is 13.4. The molecule has 0 radical (unpaired) electrons. The van der Waals surface area contributed by atoms with Crippen molar-refractivity contribution in [2.75, 3.05) is 5.32 Å². The first kappa shape index (κ1) is 26.7. The number of nitrogens with zero attached hydrogens (tertiary/aromatic N) is 3. The number of aryl methyl sites for hydroxylation is 1. The molecule has 2 aliphatic carbocycles. The fourth-order valence-corrected chi connectivity index (χ4v) is 5.60. The van der Waals surface area contributed by atoms with Crippen LogP contribution in [0.15, 0.2) is 46.0 Å². The van der Waals surface area contributed by atoms with E-state index in [1.807, 2.05) is 13.0 Å². The highest BCUT2D eigenvalue weighted by atomic mass is 35.5. The largest absolute Gasteiger partial charge is 0.349 e. The van der Waals surface area contributed by atoms with E-state index in [9.17, 15) is 19.2 Å². The van der Waals surface area contributed by atoms with Crippen LogP contribution in [0.4, 0.5) is 5.69 Å². The predicted molar refractivity (Wildman–Crippen MR) is 149 cm³/mol. The summed E-state index contributed by atoms with van der Waals surface area (Å²) >= 11 is 6.09. The number of nitrogens with one attached hydrogen (secondary N) is 2. The molecule has 0 aliphatic heterocycles. The van der Waals surface area contributed by atoms with Crippen LogP contribution in [0.2, 0.25) is 5.02 Å². The van der Waals surface area contributed by atoms with E-state index in [0.29, 0.717) is 54.0 Å². The van der Waals surface area contributed by atoms with Gasteiger partial charge in [-0.2, -0.15) is 5.26 Å². The Hall–Kier alpha value is -3.90. The van der Waals surface area contributed by atoms with Crippen LogP contribution in [0.25, 0.3) is 10.9 Å². The average Bonchev–Trinajstić information content (AvgIpc) is 3.76. The minimum absolute atomic E-state index is 0.198. The second kappa shape index (κ2) is 11.1. The molecular formula is C29H30ClN5O4. The molecule has 1 heterocycles. The highest BCUT2D eigenvalue weighted by Crippen LogP contribution is 2.30. The van der Waals surface area contributed by atoms with Gasteiger partial charge >= 0.3 is 5.69 Å². The number of carbonyl (C=O) groups excluding carboxylic acids is 2. The standard InChI is InChI=1S/C29H30ClN5O4/c1-2-34-25-12-11-20(14-22(25)28(38)35(29(34)39)16-17-7-8-17)32-27(37)21-5-3-4-6-24(21)33-26(36)18-9-10-19(15-31)23(30)13-18/h9-14,17,21,24H,2-8,16H2,1H3,(H,32,37)(H,33,36). The Morgan fingerprint density at radius 1 is 1.05 bits per heavy atom. The van der Waals surface area contributed by atoms with Crippen LogP contribution in [0.3, 0.4) is 0 Å². The van der Waals surface area contributed by atoms with E-state index < -0.39 is 5.92 Å². The molecule has 2 aromatic carbocycles. The van der Waals surface area contributed by atoms with Crippen LogP contribution >= 0.6 is 11.6 Å². The Morgan fingerprint density at radius 3 is 2.51 bits per heavy atom. The lowest BCUT2D eigenvalue weighted by Crippen LogP contribution is -2.46. The normalized spacial score (nSPS) is 18.9. The van der Waals surface area contributed by atoms with Crippen molar-refractivity contribution in [3.05, 3.63) is 73.4 Å². The number of nitriles is 1. The molecular weight excluding hydrogens is 518 g/mol. The quantitative estimate of drug-likeness (QED) is 0.461. The van der Waals surface area contributed by atoms with Gasteiger partial charge in [0.25, 0.3) is 11.5 Å². The minimum Gasteiger partial charge on any atom is -0.349 e. The molecule has 2 unspecified atom stereocenters. The van der Waals surface area contributed by atoms with Gasteiger partial charge in [-0.3, -0.25) is 23.5 Å². The van der Waals surface area contributed by atoms with E-state index in [4.69, 9.17) is 16.9 Å². The summed E-state index contributed by atoms with van der Waals surface area (Å²) in [6, 6.07) is 11.1. The predicted octanol–water partition coefficient (Wildman–Crippen LogP) is 4.05. The molecule has 10 heteroatoms. The zero-order valence-corrected chi connectivity index (χ0v) is 22.5. The van der Waals surface area contributed by atoms with Gasteiger partial charge in [-0.25, -0.2) is 4.79 Å². The highest BCUT2D eigenvalue weighted by molar-refractivity contribution is 6.32.